The van der Waals surface area contributed by atoms with E-state index in [4.69, 9.17) is 10.5 Å². The zero-order valence-corrected chi connectivity index (χ0v) is 11.1. The topological polar surface area (TPSA) is 35.2 Å². The first kappa shape index (κ1) is 13.9. The molecule has 0 bridgehead atoms. The van der Waals surface area contributed by atoms with Crippen LogP contribution in [0.15, 0.2) is 42.5 Å². The Morgan fingerprint density at radius 2 is 1.95 bits per heavy atom. The minimum absolute atomic E-state index is 0.0467. The van der Waals surface area contributed by atoms with Crippen molar-refractivity contribution in [3.05, 3.63) is 65.0 Å². The summed E-state index contributed by atoms with van der Waals surface area (Å²) in [6.07, 6.45) is -2.51. The van der Waals surface area contributed by atoms with Gasteiger partial charge >= 0.3 is 0 Å². The molecule has 2 aromatic carbocycles. The van der Waals surface area contributed by atoms with Gasteiger partial charge in [-0.25, -0.2) is 13.2 Å². The second-order valence-corrected chi connectivity index (χ2v) is 5.10. The molecule has 2 N–H and O–H groups in total. The number of rotatable bonds is 2. The van der Waals surface area contributed by atoms with Crippen LogP contribution in [0.4, 0.5) is 13.2 Å². The zero-order valence-electron chi connectivity index (χ0n) is 11.1. The monoisotopic (exact) mass is 293 g/mol. The highest BCUT2D eigenvalue weighted by Crippen LogP contribution is 2.40. The molecular weight excluding hydrogens is 279 g/mol. The van der Waals surface area contributed by atoms with E-state index in [1.54, 1.807) is 12.1 Å². The Balaban J connectivity index is 1.92. The molecule has 21 heavy (non-hydrogen) atoms. The molecule has 2 unspecified atom stereocenters. The van der Waals surface area contributed by atoms with Crippen molar-refractivity contribution in [3.8, 4) is 5.75 Å². The van der Waals surface area contributed by atoms with Crippen LogP contribution in [0.2, 0.25) is 0 Å². The third-order valence-corrected chi connectivity index (χ3v) is 3.64. The van der Waals surface area contributed by atoms with Crippen LogP contribution >= 0.6 is 0 Å². The highest BCUT2D eigenvalue weighted by molar-refractivity contribution is 5.40. The van der Waals surface area contributed by atoms with Crippen molar-refractivity contribution < 1.29 is 17.9 Å². The molecule has 5 heteroatoms. The lowest BCUT2D eigenvalue weighted by Gasteiger charge is -2.30. The van der Waals surface area contributed by atoms with Crippen LogP contribution in [0.5, 0.6) is 5.75 Å². The van der Waals surface area contributed by atoms with Gasteiger partial charge in [0.15, 0.2) is 0 Å². The van der Waals surface area contributed by atoms with Gasteiger partial charge in [-0.15, -0.1) is 0 Å². The van der Waals surface area contributed by atoms with Crippen molar-refractivity contribution in [2.24, 2.45) is 5.73 Å². The number of benzene rings is 2. The van der Waals surface area contributed by atoms with Gasteiger partial charge in [-0.05, 0) is 29.8 Å². The molecule has 3 rings (SSSR count). The summed E-state index contributed by atoms with van der Waals surface area (Å²) in [5.41, 5.74) is 7.26. The lowest BCUT2D eigenvalue weighted by Crippen LogP contribution is -2.24. The van der Waals surface area contributed by atoms with Gasteiger partial charge in [0.25, 0.3) is 6.43 Å². The van der Waals surface area contributed by atoms with E-state index in [-0.39, 0.29) is 17.4 Å². The van der Waals surface area contributed by atoms with Crippen LogP contribution in [0.1, 0.15) is 41.7 Å². The van der Waals surface area contributed by atoms with E-state index in [1.165, 1.54) is 30.3 Å². The van der Waals surface area contributed by atoms with Crippen molar-refractivity contribution >= 4 is 0 Å². The van der Waals surface area contributed by atoms with E-state index < -0.39 is 12.5 Å². The van der Waals surface area contributed by atoms with Crippen LogP contribution in [-0.4, -0.2) is 0 Å². The van der Waals surface area contributed by atoms with Gasteiger partial charge in [0, 0.05) is 23.6 Å². The average Bonchev–Trinajstić information content (AvgIpc) is 2.48. The molecule has 2 nitrogen and oxygen atoms in total. The summed E-state index contributed by atoms with van der Waals surface area (Å²) in [5.74, 6) is 0.133. The summed E-state index contributed by atoms with van der Waals surface area (Å²) < 4.78 is 44.6. The highest BCUT2D eigenvalue weighted by Gasteiger charge is 2.27. The zero-order chi connectivity index (χ0) is 15.0. The molecular formula is C16H14F3NO. The number of ether oxygens (including phenoxy) is 1. The molecule has 0 aliphatic carbocycles. The molecule has 1 aliphatic heterocycles. The van der Waals surface area contributed by atoms with E-state index >= 15 is 0 Å². The van der Waals surface area contributed by atoms with Gasteiger partial charge in [0.05, 0.1) is 0 Å². The third kappa shape index (κ3) is 2.74. The Kier molecular flexibility index (Phi) is 3.59. The fourth-order valence-electron chi connectivity index (χ4n) is 2.57. The summed E-state index contributed by atoms with van der Waals surface area (Å²) in [6, 6.07) is 9.90. The van der Waals surface area contributed by atoms with Crippen molar-refractivity contribution in [2.45, 2.75) is 25.0 Å². The lowest BCUT2D eigenvalue weighted by atomic mass is 9.93. The largest absolute Gasteiger partial charge is 0.485 e. The summed E-state index contributed by atoms with van der Waals surface area (Å²) >= 11 is 0. The first-order chi connectivity index (χ1) is 10.0. The number of hydrogen-bond donors (Lipinski definition) is 1. The van der Waals surface area contributed by atoms with Gasteiger partial charge in [-0.1, -0.05) is 18.2 Å². The van der Waals surface area contributed by atoms with Crippen molar-refractivity contribution in [2.75, 3.05) is 0 Å². The Hall–Kier alpha value is -2.01. The molecule has 0 saturated carbocycles. The normalized spacial score (nSPS) is 21.0. The van der Waals surface area contributed by atoms with Crippen molar-refractivity contribution in [1.29, 1.82) is 0 Å². The molecule has 2 aromatic rings. The fourth-order valence-corrected chi connectivity index (χ4v) is 2.57. The molecule has 0 aromatic heterocycles. The fraction of sp³-hybridized carbons (Fsp3) is 0.250. The SMILES string of the molecule is NC1CC(c2cccc(C(F)F)c2)Oc2ccc(F)cc21. The summed E-state index contributed by atoms with van der Waals surface area (Å²) in [6.45, 7) is 0. The molecule has 0 spiro atoms. The summed E-state index contributed by atoms with van der Waals surface area (Å²) in [4.78, 5) is 0. The second-order valence-electron chi connectivity index (χ2n) is 5.10. The maximum atomic E-state index is 13.2. The van der Waals surface area contributed by atoms with Gasteiger partial charge in [-0.3, -0.25) is 0 Å². The van der Waals surface area contributed by atoms with Crippen molar-refractivity contribution in [3.63, 3.8) is 0 Å². The third-order valence-electron chi connectivity index (χ3n) is 3.64. The smallest absolute Gasteiger partial charge is 0.263 e. The Morgan fingerprint density at radius 3 is 2.71 bits per heavy atom. The van der Waals surface area contributed by atoms with E-state index in [0.29, 0.717) is 23.3 Å². The quantitative estimate of drug-likeness (QED) is 0.896. The van der Waals surface area contributed by atoms with E-state index in [1.807, 2.05) is 0 Å². The first-order valence-corrected chi connectivity index (χ1v) is 6.64. The van der Waals surface area contributed by atoms with Crippen LogP contribution in [0, 0.1) is 5.82 Å². The molecule has 0 saturated heterocycles. The van der Waals surface area contributed by atoms with Crippen molar-refractivity contribution in [1.82, 2.24) is 0 Å². The number of nitrogens with two attached hydrogens (primary N) is 1. The Labute approximate surface area is 120 Å². The van der Waals surface area contributed by atoms with Crippen LogP contribution < -0.4 is 10.5 Å². The summed E-state index contributed by atoms with van der Waals surface area (Å²) in [7, 11) is 0. The minimum Gasteiger partial charge on any atom is -0.485 e. The standard InChI is InChI=1S/C16H14F3NO/c17-11-4-5-14-12(7-11)13(20)8-15(21-14)9-2-1-3-10(6-9)16(18)19/h1-7,13,15-16H,8,20H2. The number of alkyl halides is 2. The second kappa shape index (κ2) is 5.41. The van der Waals surface area contributed by atoms with Crippen LogP contribution in [0.3, 0.4) is 0 Å². The Bertz CT molecular complexity index is 660. The van der Waals surface area contributed by atoms with E-state index in [9.17, 15) is 13.2 Å². The predicted octanol–water partition coefficient (Wildman–Crippen LogP) is 4.29. The maximum absolute atomic E-state index is 13.2. The molecule has 1 heterocycles. The average molecular weight is 293 g/mol. The van der Waals surface area contributed by atoms with Crippen LogP contribution in [0.25, 0.3) is 0 Å². The molecule has 1 aliphatic rings. The van der Waals surface area contributed by atoms with Gasteiger partial charge < -0.3 is 10.5 Å². The predicted molar refractivity (Wildman–Crippen MR) is 72.7 cm³/mol. The van der Waals surface area contributed by atoms with Gasteiger partial charge in [0.2, 0.25) is 0 Å². The lowest BCUT2D eigenvalue weighted by molar-refractivity contribution is 0.148. The molecule has 0 fully saturated rings. The minimum atomic E-state index is -2.52. The summed E-state index contributed by atoms with van der Waals surface area (Å²) in [5, 5.41) is 0. The van der Waals surface area contributed by atoms with Gasteiger partial charge in [-0.2, -0.15) is 0 Å². The molecule has 0 amide bonds. The Morgan fingerprint density at radius 1 is 1.14 bits per heavy atom. The highest BCUT2D eigenvalue weighted by atomic mass is 19.3. The molecule has 0 radical (unpaired) electrons. The van der Waals surface area contributed by atoms with Gasteiger partial charge in [0.1, 0.15) is 17.7 Å². The first-order valence-electron chi connectivity index (χ1n) is 6.64. The number of fused-ring (bicyclic) bond motifs is 1. The van der Waals surface area contributed by atoms with Crippen LogP contribution in [-0.2, 0) is 0 Å². The van der Waals surface area contributed by atoms with E-state index in [2.05, 4.69) is 0 Å². The molecule has 110 valence electrons. The number of hydrogen-bond acceptors (Lipinski definition) is 2. The van der Waals surface area contributed by atoms with E-state index in [0.717, 1.165) is 0 Å². The maximum Gasteiger partial charge on any atom is 0.263 e. The number of halogens is 3. The molecule has 2 atom stereocenters.